The highest BCUT2D eigenvalue weighted by Gasteiger charge is 2.28. The summed E-state index contributed by atoms with van der Waals surface area (Å²) in [6.45, 7) is 0. The molecule has 1 aliphatic carbocycles. The number of aliphatic hydroxyl groups is 2. The van der Waals surface area contributed by atoms with Crippen molar-refractivity contribution in [1.29, 1.82) is 0 Å². The minimum absolute atomic E-state index is 0.367. The highest BCUT2D eigenvalue weighted by atomic mass is 16.3. The maximum Gasteiger partial charge on any atom is 0.0955 e. The van der Waals surface area contributed by atoms with Crippen LogP contribution in [0.1, 0.15) is 11.1 Å². The van der Waals surface area contributed by atoms with Gasteiger partial charge in [0.05, 0.1) is 12.2 Å². The van der Waals surface area contributed by atoms with Gasteiger partial charge in [-0.1, -0.05) is 24.3 Å². The Kier molecular flexibility index (Phi) is 2.54. The summed E-state index contributed by atoms with van der Waals surface area (Å²) in [5.74, 6) is 0. The van der Waals surface area contributed by atoms with Crippen molar-refractivity contribution < 1.29 is 10.2 Å². The first-order valence-corrected chi connectivity index (χ1v) is 4.87. The minimum atomic E-state index is -0.817. The van der Waals surface area contributed by atoms with Crippen molar-refractivity contribution in [2.75, 3.05) is 0 Å². The Balaban J connectivity index is 2.34. The van der Waals surface area contributed by atoms with Gasteiger partial charge in [0.1, 0.15) is 0 Å². The maximum absolute atomic E-state index is 9.64. The fourth-order valence-corrected chi connectivity index (χ4v) is 1.96. The Hall–Kier alpha value is -0.900. The van der Waals surface area contributed by atoms with E-state index in [0.717, 1.165) is 11.1 Å². The second kappa shape index (κ2) is 3.69. The molecule has 3 heteroatoms. The molecular formula is C11H15NO2. The SMILES string of the molecule is N[C@H]1Cc2ccccc2C[C@H](O)[C@H]1O. The van der Waals surface area contributed by atoms with Gasteiger partial charge in [-0.05, 0) is 17.5 Å². The van der Waals surface area contributed by atoms with Crippen molar-refractivity contribution in [1.82, 2.24) is 0 Å². The van der Waals surface area contributed by atoms with Crippen molar-refractivity contribution in [2.24, 2.45) is 5.73 Å². The molecule has 0 aromatic heterocycles. The monoisotopic (exact) mass is 193 g/mol. The highest BCUT2D eigenvalue weighted by Crippen LogP contribution is 2.20. The molecule has 0 fully saturated rings. The Bertz CT molecular complexity index is 296. The van der Waals surface area contributed by atoms with Crippen LogP contribution in [0.4, 0.5) is 0 Å². The van der Waals surface area contributed by atoms with E-state index in [2.05, 4.69) is 0 Å². The molecule has 0 saturated heterocycles. The van der Waals surface area contributed by atoms with Gasteiger partial charge < -0.3 is 15.9 Å². The molecule has 0 aliphatic heterocycles. The highest BCUT2D eigenvalue weighted by molar-refractivity contribution is 5.30. The van der Waals surface area contributed by atoms with Crippen LogP contribution in [0.2, 0.25) is 0 Å². The number of nitrogens with two attached hydrogens (primary N) is 1. The molecule has 14 heavy (non-hydrogen) atoms. The van der Waals surface area contributed by atoms with Crippen LogP contribution >= 0.6 is 0 Å². The predicted octanol–water partition coefficient (Wildman–Crippen LogP) is -0.166. The Morgan fingerprint density at radius 2 is 1.64 bits per heavy atom. The van der Waals surface area contributed by atoms with Crippen LogP contribution in [0.3, 0.4) is 0 Å². The third-order valence-corrected chi connectivity index (χ3v) is 2.84. The van der Waals surface area contributed by atoms with E-state index in [0.29, 0.717) is 12.8 Å². The lowest BCUT2D eigenvalue weighted by molar-refractivity contribution is 0.00800. The first kappa shape index (κ1) is 9.65. The molecule has 0 unspecified atom stereocenters. The second-order valence-electron chi connectivity index (χ2n) is 3.90. The first-order valence-electron chi connectivity index (χ1n) is 4.87. The van der Waals surface area contributed by atoms with Crippen LogP contribution in [0, 0.1) is 0 Å². The van der Waals surface area contributed by atoms with Crippen molar-refractivity contribution >= 4 is 0 Å². The lowest BCUT2D eigenvalue weighted by Crippen LogP contribution is -2.43. The minimum Gasteiger partial charge on any atom is -0.390 e. The Morgan fingerprint density at radius 3 is 2.29 bits per heavy atom. The zero-order valence-corrected chi connectivity index (χ0v) is 7.93. The zero-order chi connectivity index (χ0) is 10.1. The predicted molar refractivity (Wildman–Crippen MR) is 53.8 cm³/mol. The molecule has 1 aromatic carbocycles. The third-order valence-electron chi connectivity index (χ3n) is 2.84. The van der Waals surface area contributed by atoms with Crippen LogP contribution < -0.4 is 5.73 Å². The van der Waals surface area contributed by atoms with Gasteiger partial charge in [0.25, 0.3) is 0 Å². The summed E-state index contributed by atoms with van der Waals surface area (Å²) in [6.07, 6.45) is -0.435. The summed E-state index contributed by atoms with van der Waals surface area (Å²) in [4.78, 5) is 0. The fraction of sp³-hybridized carbons (Fsp3) is 0.455. The molecule has 3 atom stereocenters. The summed E-state index contributed by atoms with van der Waals surface area (Å²) in [6, 6.07) is 7.50. The Morgan fingerprint density at radius 1 is 1.07 bits per heavy atom. The number of rotatable bonds is 0. The largest absolute Gasteiger partial charge is 0.390 e. The van der Waals surface area contributed by atoms with E-state index < -0.39 is 12.2 Å². The average molecular weight is 193 g/mol. The molecule has 0 heterocycles. The van der Waals surface area contributed by atoms with Gasteiger partial charge in [-0.3, -0.25) is 0 Å². The van der Waals surface area contributed by atoms with Gasteiger partial charge in [0.2, 0.25) is 0 Å². The molecule has 0 radical (unpaired) electrons. The molecule has 76 valence electrons. The molecule has 0 bridgehead atoms. The van der Waals surface area contributed by atoms with Gasteiger partial charge in [-0.2, -0.15) is 0 Å². The number of aliphatic hydroxyl groups excluding tert-OH is 2. The standard InChI is InChI=1S/C11H15NO2/c12-9-5-7-3-1-2-4-8(7)6-10(13)11(9)14/h1-4,9-11,13-14H,5-6,12H2/t9-,10-,11-/m0/s1. The lowest BCUT2D eigenvalue weighted by atomic mass is 10.0. The van der Waals surface area contributed by atoms with Gasteiger partial charge in [0, 0.05) is 12.5 Å². The summed E-state index contributed by atoms with van der Waals surface area (Å²) < 4.78 is 0. The van der Waals surface area contributed by atoms with E-state index in [9.17, 15) is 10.2 Å². The van der Waals surface area contributed by atoms with Crippen molar-refractivity contribution in [2.45, 2.75) is 31.1 Å². The molecular weight excluding hydrogens is 178 g/mol. The van der Waals surface area contributed by atoms with Crippen LogP contribution in [0.15, 0.2) is 24.3 Å². The van der Waals surface area contributed by atoms with Crippen molar-refractivity contribution in [3.8, 4) is 0 Å². The molecule has 0 amide bonds. The average Bonchev–Trinajstić information content (AvgIpc) is 2.28. The maximum atomic E-state index is 9.64. The summed E-state index contributed by atoms with van der Waals surface area (Å²) in [5, 5.41) is 19.3. The van der Waals surface area contributed by atoms with Crippen LogP contribution in [0.5, 0.6) is 0 Å². The summed E-state index contributed by atoms with van der Waals surface area (Å²) in [7, 11) is 0. The zero-order valence-electron chi connectivity index (χ0n) is 7.93. The number of hydrogen-bond donors (Lipinski definition) is 3. The summed E-state index contributed by atoms with van der Waals surface area (Å²) >= 11 is 0. The van der Waals surface area contributed by atoms with E-state index in [-0.39, 0.29) is 6.04 Å². The molecule has 0 saturated carbocycles. The van der Waals surface area contributed by atoms with Crippen molar-refractivity contribution in [3.63, 3.8) is 0 Å². The van der Waals surface area contributed by atoms with Crippen LogP contribution in [-0.2, 0) is 12.8 Å². The van der Waals surface area contributed by atoms with Gasteiger partial charge in [-0.15, -0.1) is 0 Å². The molecule has 4 N–H and O–H groups in total. The van der Waals surface area contributed by atoms with E-state index in [1.807, 2.05) is 24.3 Å². The van der Waals surface area contributed by atoms with Crippen molar-refractivity contribution in [3.05, 3.63) is 35.4 Å². The molecule has 3 nitrogen and oxygen atoms in total. The Labute approximate surface area is 83.2 Å². The molecule has 0 spiro atoms. The third kappa shape index (κ3) is 1.66. The quantitative estimate of drug-likeness (QED) is 0.501. The van der Waals surface area contributed by atoms with E-state index in [4.69, 9.17) is 5.73 Å². The van der Waals surface area contributed by atoms with Gasteiger partial charge in [0.15, 0.2) is 0 Å². The number of fused-ring (bicyclic) bond motifs is 1. The molecule has 1 aromatic rings. The van der Waals surface area contributed by atoms with Crippen LogP contribution in [0.25, 0.3) is 0 Å². The number of benzene rings is 1. The summed E-state index contributed by atoms with van der Waals surface area (Å²) in [5.41, 5.74) is 8.00. The smallest absolute Gasteiger partial charge is 0.0955 e. The normalized spacial score (nSPS) is 32.1. The molecule has 2 rings (SSSR count). The lowest BCUT2D eigenvalue weighted by Gasteiger charge is -2.19. The topological polar surface area (TPSA) is 66.5 Å². The van der Waals surface area contributed by atoms with Crippen LogP contribution in [-0.4, -0.2) is 28.5 Å². The van der Waals surface area contributed by atoms with E-state index >= 15 is 0 Å². The fourth-order valence-electron chi connectivity index (χ4n) is 1.96. The van der Waals surface area contributed by atoms with Gasteiger partial charge in [-0.25, -0.2) is 0 Å². The van der Waals surface area contributed by atoms with E-state index in [1.165, 1.54) is 0 Å². The number of hydrogen-bond acceptors (Lipinski definition) is 3. The second-order valence-corrected chi connectivity index (χ2v) is 3.90. The first-order chi connectivity index (χ1) is 6.68. The molecule has 1 aliphatic rings. The van der Waals surface area contributed by atoms with Gasteiger partial charge >= 0.3 is 0 Å². The van der Waals surface area contributed by atoms with E-state index in [1.54, 1.807) is 0 Å².